The van der Waals surface area contributed by atoms with Crippen molar-refractivity contribution < 1.29 is 4.74 Å². The first kappa shape index (κ1) is 8.53. The summed E-state index contributed by atoms with van der Waals surface area (Å²) in [6.45, 7) is 2.57. The maximum Gasteiger partial charge on any atom is 0.120 e. The van der Waals surface area contributed by atoms with Gasteiger partial charge < -0.3 is 10.5 Å². The fourth-order valence-corrected chi connectivity index (χ4v) is 0.908. The largest absolute Gasteiger partial charge is 0.385 e. The van der Waals surface area contributed by atoms with Crippen LogP contribution in [0.4, 0.5) is 0 Å². The molecule has 0 spiro atoms. The Morgan fingerprint density at radius 1 is 1.73 bits per heavy atom. The first-order valence-electron chi connectivity index (χ1n) is 4.15. The van der Waals surface area contributed by atoms with Crippen molar-refractivity contribution in [2.75, 3.05) is 6.61 Å². The molecule has 0 heterocycles. The van der Waals surface area contributed by atoms with Gasteiger partial charge in [0.1, 0.15) is 11.9 Å². The molecule has 1 unspecified atom stereocenters. The van der Waals surface area contributed by atoms with E-state index in [1.165, 1.54) is 12.8 Å². The van der Waals surface area contributed by atoms with Crippen molar-refractivity contribution in [2.24, 2.45) is 11.7 Å². The molecule has 1 fully saturated rings. The molecule has 0 saturated heterocycles. The Kier molecular flexibility index (Phi) is 2.88. The maximum absolute atomic E-state index is 7.05. The van der Waals surface area contributed by atoms with Gasteiger partial charge in [0.2, 0.25) is 0 Å². The summed E-state index contributed by atoms with van der Waals surface area (Å²) < 4.78 is 5.30. The van der Waals surface area contributed by atoms with E-state index < -0.39 is 0 Å². The molecule has 0 bridgehead atoms. The highest BCUT2D eigenvalue weighted by Crippen LogP contribution is 2.32. The Labute approximate surface area is 67.4 Å². The highest BCUT2D eigenvalue weighted by Gasteiger charge is 2.20. The van der Waals surface area contributed by atoms with Gasteiger partial charge in [0.15, 0.2) is 0 Å². The third-order valence-electron chi connectivity index (χ3n) is 2.03. The molecule has 0 amide bonds. The third-order valence-corrected chi connectivity index (χ3v) is 2.03. The fourth-order valence-electron chi connectivity index (χ4n) is 0.908. The van der Waals surface area contributed by atoms with Crippen molar-refractivity contribution in [3.63, 3.8) is 0 Å². The van der Waals surface area contributed by atoms with E-state index in [0.717, 1.165) is 18.9 Å². The number of ether oxygens (including phenoxy) is 1. The molecule has 3 nitrogen and oxygen atoms in total. The molecule has 1 atom stereocenters. The second-order valence-corrected chi connectivity index (χ2v) is 3.20. The molecular formula is C8H16N2O. The average molecular weight is 156 g/mol. The topological polar surface area (TPSA) is 59.1 Å². The number of nitrogens with one attached hydrogen (secondary N) is 1. The molecule has 11 heavy (non-hydrogen) atoms. The van der Waals surface area contributed by atoms with E-state index in [0.29, 0.717) is 0 Å². The molecule has 0 aromatic heterocycles. The van der Waals surface area contributed by atoms with Crippen LogP contribution in [0.25, 0.3) is 0 Å². The van der Waals surface area contributed by atoms with Crippen LogP contribution in [0.5, 0.6) is 0 Å². The lowest BCUT2D eigenvalue weighted by atomic mass is 10.3. The number of nitrogens with two attached hydrogens (primary N) is 1. The Hall–Kier alpha value is -0.570. The summed E-state index contributed by atoms with van der Waals surface area (Å²) >= 11 is 0. The number of hydrogen-bond donors (Lipinski definition) is 2. The van der Waals surface area contributed by atoms with Crippen molar-refractivity contribution in [1.82, 2.24) is 0 Å². The van der Waals surface area contributed by atoms with Gasteiger partial charge in [0.25, 0.3) is 0 Å². The van der Waals surface area contributed by atoms with Gasteiger partial charge in [-0.3, -0.25) is 5.41 Å². The van der Waals surface area contributed by atoms with Crippen LogP contribution in [0.1, 0.15) is 26.2 Å². The SMILES string of the molecule is CC(OCCC1CC1)C(=N)N. The van der Waals surface area contributed by atoms with Crippen molar-refractivity contribution in [2.45, 2.75) is 32.3 Å². The molecule has 0 aromatic carbocycles. The molecule has 64 valence electrons. The molecule has 3 heteroatoms. The summed E-state index contributed by atoms with van der Waals surface area (Å²) in [4.78, 5) is 0. The van der Waals surface area contributed by atoms with Crippen molar-refractivity contribution in [3.05, 3.63) is 0 Å². The standard InChI is InChI=1S/C8H16N2O/c1-6(8(9)10)11-5-4-7-2-3-7/h6-7H,2-5H2,1H3,(H3,9,10). The average Bonchev–Trinajstić information content (AvgIpc) is 2.71. The second kappa shape index (κ2) is 3.72. The molecule has 0 aliphatic heterocycles. The van der Waals surface area contributed by atoms with Gasteiger partial charge in [0.05, 0.1) is 0 Å². The number of amidine groups is 1. The van der Waals surface area contributed by atoms with Crippen LogP contribution in [-0.4, -0.2) is 18.5 Å². The van der Waals surface area contributed by atoms with E-state index in [9.17, 15) is 0 Å². The third kappa shape index (κ3) is 3.37. The van der Waals surface area contributed by atoms with Crippen LogP contribution in [0, 0.1) is 11.3 Å². The molecule has 0 aromatic rings. The minimum atomic E-state index is -0.200. The Morgan fingerprint density at radius 2 is 2.36 bits per heavy atom. The van der Waals surface area contributed by atoms with E-state index in [2.05, 4.69) is 0 Å². The molecule has 3 N–H and O–H groups in total. The molecular weight excluding hydrogens is 140 g/mol. The van der Waals surface area contributed by atoms with E-state index >= 15 is 0 Å². The molecule has 1 saturated carbocycles. The van der Waals surface area contributed by atoms with Crippen LogP contribution in [0.15, 0.2) is 0 Å². The number of hydrogen-bond acceptors (Lipinski definition) is 2. The van der Waals surface area contributed by atoms with E-state index in [-0.39, 0.29) is 11.9 Å². The Balaban J connectivity index is 1.96. The normalized spacial score (nSPS) is 19.7. The highest BCUT2D eigenvalue weighted by molar-refractivity contribution is 5.81. The van der Waals surface area contributed by atoms with Crippen LogP contribution in [-0.2, 0) is 4.74 Å². The lowest BCUT2D eigenvalue weighted by molar-refractivity contribution is 0.103. The smallest absolute Gasteiger partial charge is 0.120 e. The predicted octanol–water partition coefficient (Wildman–Crippen LogP) is 1.13. The molecule has 1 rings (SSSR count). The Bertz CT molecular complexity index is 143. The van der Waals surface area contributed by atoms with E-state index in [1.807, 2.05) is 6.92 Å². The molecule has 0 radical (unpaired) electrons. The summed E-state index contributed by atoms with van der Waals surface area (Å²) in [5.74, 6) is 1.02. The summed E-state index contributed by atoms with van der Waals surface area (Å²) in [6.07, 6.45) is 3.65. The zero-order valence-electron chi connectivity index (χ0n) is 6.97. The monoisotopic (exact) mass is 156 g/mol. The summed E-state index contributed by atoms with van der Waals surface area (Å²) in [6, 6.07) is 0. The first-order valence-corrected chi connectivity index (χ1v) is 4.15. The van der Waals surface area contributed by atoms with Gasteiger partial charge in [0, 0.05) is 6.61 Å². The van der Waals surface area contributed by atoms with Gasteiger partial charge in [-0.25, -0.2) is 0 Å². The van der Waals surface area contributed by atoms with Crippen LogP contribution < -0.4 is 5.73 Å². The molecule has 1 aliphatic rings. The van der Waals surface area contributed by atoms with Gasteiger partial charge in [-0.05, 0) is 19.3 Å². The lowest BCUT2D eigenvalue weighted by Gasteiger charge is -2.10. The van der Waals surface area contributed by atoms with Crippen molar-refractivity contribution >= 4 is 5.84 Å². The Morgan fingerprint density at radius 3 is 2.82 bits per heavy atom. The summed E-state index contributed by atoms with van der Waals surface area (Å²) in [7, 11) is 0. The fraction of sp³-hybridized carbons (Fsp3) is 0.875. The van der Waals surface area contributed by atoms with Crippen LogP contribution in [0.2, 0.25) is 0 Å². The van der Waals surface area contributed by atoms with Crippen molar-refractivity contribution in [3.8, 4) is 0 Å². The van der Waals surface area contributed by atoms with E-state index in [4.69, 9.17) is 15.9 Å². The minimum absolute atomic E-state index is 0.126. The van der Waals surface area contributed by atoms with Gasteiger partial charge in [-0.15, -0.1) is 0 Å². The quantitative estimate of drug-likeness (QED) is 0.463. The summed E-state index contributed by atoms with van der Waals surface area (Å²) in [5.41, 5.74) is 5.23. The molecule has 1 aliphatic carbocycles. The zero-order valence-corrected chi connectivity index (χ0v) is 6.97. The van der Waals surface area contributed by atoms with E-state index in [1.54, 1.807) is 0 Å². The summed E-state index contributed by atoms with van der Waals surface area (Å²) in [5, 5.41) is 7.05. The lowest BCUT2D eigenvalue weighted by Crippen LogP contribution is -2.27. The number of rotatable bonds is 5. The van der Waals surface area contributed by atoms with Gasteiger partial charge in [-0.2, -0.15) is 0 Å². The minimum Gasteiger partial charge on any atom is -0.385 e. The maximum atomic E-state index is 7.05. The first-order chi connectivity index (χ1) is 5.20. The second-order valence-electron chi connectivity index (χ2n) is 3.20. The van der Waals surface area contributed by atoms with Gasteiger partial charge in [-0.1, -0.05) is 12.8 Å². The predicted molar refractivity (Wildman–Crippen MR) is 44.7 cm³/mol. The van der Waals surface area contributed by atoms with Crippen LogP contribution >= 0.6 is 0 Å². The highest BCUT2D eigenvalue weighted by atomic mass is 16.5. The van der Waals surface area contributed by atoms with Crippen molar-refractivity contribution in [1.29, 1.82) is 5.41 Å². The van der Waals surface area contributed by atoms with Crippen LogP contribution in [0.3, 0.4) is 0 Å². The zero-order chi connectivity index (χ0) is 8.27. The van der Waals surface area contributed by atoms with Gasteiger partial charge >= 0.3 is 0 Å².